The zero-order valence-electron chi connectivity index (χ0n) is 9.51. The van der Waals surface area contributed by atoms with Gasteiger partial charge in [-0.15, -0.1) is 0 Å². The third-order valence-electron chi connectivity index (χ3n) is 4.07. The highest BCUT2D eigenvalue weighted by molar-refractivity contribution is 6.15. The molecule has 1 atom stereocenters. The Balaban J connectivity index is 2.29. The highest BCUT2D eigenvalue weighted by Gasteiger charge is 2.32. The fraction of sp³-hybridized carbons (Fsp3) is 0.538. The molecule has 0 saturated heterocycles. The summed E-state index contributed by atoms with van der Waals surface area (Å²) in [6.45, 7) is 4.71. The maximum Gasteiger partial charge on any atom is 0.110 e. The average molecular weight is 186 g/mol. The second kappa shape index (κ2) is 3.45. The first-order valence-electron chi connectivity index (χ1n) is 5.68. The second-order valence-corrected chi connectivity index (χ2v) is 5.25. The Morgan fingerprint density at radius 1 is 1.21 bits per heavy atom. The van der Waals surface area contributed by atoms with Gasteiger partial charge in [-0.3, -0.25) is 0 Å². The van der Waals surface area contributed by atoms with Crippen molar-refractivity contribution < 1.29 is 0 Å². The van der Waals surface area contributed by atoms with Crippen molar-refractivity contribution in [1.82, 2.24) is 0 Å². The highest BCUT2D eigenvalue weighted by atomic mass is 14.3. The molecule has 0 saturated carbocycles. The van der Waals surface area contributed by atoms with E-state index >= 15 is 0 Å². The van der Waals surface area contributed by atoms with Crippen molar-refractivity contribution in [1.29, 1.82) is 0 Å². The van der Waals surface area contributed by atoms with Gasteiger partial charge in [0.1, 0.15) is 7.85 Å². The molecule has 0 N–H and O–H groups in total. The Morgan fingerprint density at radius 3 is 2.50 bits per heavy atom. The van der Waals surface area contributed by atoms with Crippen LogP contribution in [0.25, 0.3) is 0 Å². The molecular formula is C13H19B. The smallest absolute Gasteiger partial charge is 0.0629 e. The topological polar surface area (TPSA) is 0 Å². The molecule has 0 bridgehead atoms. The largest absolute Gasteiger partial charge is 0.110 e. The summed E-state index contributed by atoms with van der Waals surface area (Å²) in [6.07, 6.45) is 3.88. The van der Waals surface area contributed by atoms with Crippen molar-refractivity contribution >= 4 is 7.85 Å². The molecule has 0 radical (unpaired) electrons. The standard InChI is InChI=1S/C13H19B/c1-10(2)13(14)8-7-11-5-3-4-6-12(11)9-13/h3-6,10H,7-9,14H2,1-2H3. The van der Waals surface area contributed by atoms with Gasteiger partial charge in [-0.1, -0.05) is 49.8 Å². The zero-order chi connectivity index (χ0) is 10.2. The quantitative estimate of drug-likeness (QED) is 0.591. The molecule has 0 amide bonds. The molecule has 74 valence electrons. The SMILES string of the molecule is BC1(C(C)C)CCc2ccccc2C1. The Bertz CT molecular complexity index is 330. The lowest BCUT2D eigenvalue weighted by atomic mass is 9.54. The highest BCUT2D eigenvalue weighted by Crippen LogP contribution is 2.44. The lowest BCUT2D eigenvalue weighted by Gasteiger charge is -2.38. The summed E-state index contributed by atoms with van der Waals surface area (Å²) in [5.41, 5.74) is 3.15. The third-order valence-corrected chi connectivity index (χ3v) is 4.07. The van der Waals surface area contributed by atoms with Crippen LogP contribution in [0.1, 0.15) is 31.4 Å². The van der Waals surface area contributed by atoms with Crippen LogP contribution in [0.3, 0.4) is 0 Å². The monoisotopic (exact) mass is 186 g/mol. The molecule has 2 rings (SSSR count). The first-order valence-corrected chi connectivity index (χ1v) is 5.68. The van der Waals surface area contributed by atoms with E-state index in [2.05, 4.69) is 46.0 Å². The molecule has 1 aromatic carbocycles. The maximum atomic E-state index is 2.44. The summed E-state index contributed by atoms with van der Waals surface area (Å²) >= 11 is 0. The van der Waals surface area contributed by atoms with Crippen LogP contribution in [0.4, 0.5) is 0 Å². The van der Waals surface area contributed by atoms with Crippen LogP contribution in [0, 0.1) is 5.92 Å². The number of fused-ring (bicyclic) bond motifs is 1. The molecule has 1 heteroatoms. The van der Waals surface area contributed by atoms with E-state index in [1.54, 1.807) is 11.1 Å². The third kappa shape index (κ3) is 1.60. The molecule has 14 heavy (non-hydrogen) atoms. The Hall–Kier alpha value is -0.715. The molecule has 0 aromatic heterocycles. The predicted molar refractivity (Wildman–Crippen MR) is 64.5 cm³/mol. The van der Waals surface area contributed by atoms with Crippen molar-refractivity contribution in [2.24, 2.45) is 5.92 Å². The van der Waals surface area contributed by atoms with Crippen molar-refractivity contribution in [3.63, 3.8) is 0 Å². The molecule has 1 aliphatic rings. The summed E-state index contributed by atoms with van der Waals surface area (Å²) < 4.78 is 0. The van der Waals surface area contributed by atoms with Gasteiger partial charge in [0.2, 0.25) is 0 Å². The van der Waals surface area contributed by atoms with Crippen LogP contribution in [-0.4, -0.2) is 7.85 Å². The number of hydrogen-bond donors (Lipinski definition) is 0. The van der Waals surface area contributed by atoms with Gasteiger partial charge >= 0.3 is 0 Å². The van der Waals surface area contributed by atoms with Gasteiger partial charge in [-0.05, 0) is 29.9 Å². The van der Waals surface area contributed by atoms with Gasteiger partial charge in [-0.25, -0.2) is 0 Å². The summed E-state index contributed by atoms with van der Waals surface area (Å²) in [7, 11) is 2.44. The second-order valence-electron chi connectivity index (χ2n) is 5.25. The minimum Gasteiger partial charge on any atom is -0.0629 e. The van der Waals surface area contributed by atoms with Gasteiger partial charge in [0.15, 0.2) is 0 Å². The molecule has 1 unspecified atom stereocenters. The number of benzene rings is 1. The minimum atomic E-state index is 0.522. The molecule has 0 spiro atoms. The van der Waals surface area contributed by atoms with Crippen molar-refractivity contribution in [3.8, 4) is 0 Å². The summed E-state index contributed by atoms with van der Waals surface area (Å²) in [5, 5.41) is 0.522. The minimum absolute atomic E-state index is 0.522. The normalized spacial score (nSPS) is 26.2. The summed E-state index contributed by atoms with van der Waals surface area (Å²) in [4.78, 5) is 0. The first kappa shape index (κ1) is 9.83. The Kier molecular flexibility index (Phi) is 2.42. The van der Waals surface area contributed by atoms with E-state index in [1.807, 2.05) is 0 Å². The molecule has 0 aliphatic heterocycles. The zero-order valence-corrected chi connectivity index (χ0v) is 9.51. The van der Waals surface area contributed by atoms with Crippen LogP contribution in [0.2, 0.25) is 5.31 Å². The van der Waals surface area contributed by atoms with Crippen molar-refractivity contribution in [2.45, 2.75) is 38.4 Å². The summed E-state index contributed by atoms with van der Waals surface area (Å²) in [6, 6.07) is 8.92. The van der Waals surface area contributed by atoms with Gasteiger partial charge < -0.3 is 0 Å². The lowest BCUT2D eigenvalue weighted by molar-refractivity contribution is 0.366. The molecule has 0 fully saturated rings. The van der Waals surface area contributed by atoms with Gasteiger partial charge in [-0.2, -0.15) is 0 Å². The van der Waals surface area contributed by atoms with Crippen LogP contribution in [0.15, 0.2) is 24.3 Å². The molecular weight excluding hydrogens is 167 g/mol. The van der Waals surface area contributed by atoms with E-state index in [9.17, 15) is 0 Å². The van der Waals surface area contributed by atoms with E-state index in [0.717, 1.165) is 5.92 Å². The number of aryl methyl sites for hydroxylation is 1. The van der Waals surface area contributed by atoms with E-state index in [1.165, 1.54) is 19.3 Å². The number of rotatable bonds is 1. The van der Waals surface area contributed by atoms with E-state index in [0.29, 0.717) is 5.31 Å². The van der Waals surface area contributed by atoms with Crippen molar-refractivity contribution in [3.05, 3.63) is 35.4 Å². The Morgan fingerprint density at radius 2 is 1.86 bits per heavy atom. The van der Waals surface area contributed by atoms with E-state index < -0.39 is 0 Å². The van der Waals surface area contributed by atoms with Crippen LogP contribution < -0.4 is 0 Å². The molecule has 1 aliphatic carbocycles. The maximum absolute atomic E-state index is 2.44. The van der Waals surface area contributed by atoms with Gasteiger partial charge in [0.05, 0.1) is 0 Å². The lowest BCUT2D eigenvalue weighted by Crippen LogP contribution is -2.27. The first-order chi connectivity index (χ1) is 6.62. The van der Waals surface area contributed by atoms with Crippen molar-refractivity contribution in [2.75, 3.05) is 0 Å². The molecule has 0 nitrogen and oxygen atoms in total. The fourth-order valence-corrected chi connectivity index (χ4v) is 2.41. The number of hydrogen-bond acceptors (Lipinski definition) is 0. The fourth-order valence-electron chi connectivity index (χ4n) is 2.41. The molecule has 1 aromatic rings. The molecule has 0 heterocycles. The average Bonchev–Trinajstić information content (AvgIpc) is 2.17. The van der Waals surface area contributed by atoms with Crippen LogP contribution in [-0.2, 0) is 12.8 Å². The van der Waals surface area contributed by atoms with Crippen LogP contribution >= 0.6 is 0 Å². The van der Waals surface area contributed by atoms with Gasteiger partial charge in [0.25, 0.3) is 0 Å². The van der Waals surface area contributed by atoms with E-state index in [4.69, 9.17) is 0 Å². The van der Waals surface area contributed by atoms with Gasteiger partial charge in [0, 0.05) is 0 Å². The van der Waals surface area contributed by atoms with Crippen LogP contribution in [0.5, 0.6) is 0 Å². The van der Waals surface area contributed by atoms with E-state index in [-0.39, 0.29) is 0 Å². The Labute approximate surface area is 88.1 Å². The predicted octanol–water partition coefficient (Wildman–Crippen LogP) is 2.62. The summed E-state index contributed by atoms with van der Waals surface area (Å²) in [5.74, 6) is 0.788.